The summed E-state index contributed by atoms with van der Waals surface area (Å²) < 4.78 is 6.73. The average molecular weight is 566 g/mol. The number of ether oxygens (including phenoxy) is 1. The van der Waals surface area contributed by atoms with E-state index in [-0.39, 0.29) is 40.8 Å². The standard InChI is InChI=1S/C25H32N4O4S.BrH/c30-22(28-24-26-11-5-12-27-24)17-29-13-9-18(10-14-29)20(16-29)33-23(31)25(32,21-8-4-15-34-21)19-6-2-1-3-7-19;/h4-5,8,11-12,15,18-20,32H,1-3,6-7,9-10,13-14,16-17H2;1H/t18?,20-,25?,29?;/m0./s1. The maximum absolute atomic E-state index is 13.6. The molecule has 1 unspecified atom stereocenters. The zero-order valence-electron chi connectivity index (χ0n) is 19.8. The molecule has 3 aliphatic heterocycles. The molecule has 8 nitrogen and oxygen atoms in total. The summed E-state index contributed by atoms with van der Waals surface area (Å²) in [5.41, 5.74) is -1.59. The summed E-state index contributed by atoms with van der Waals surface area (Å²) in [4.78, 5) is 35.2. The van der Waals surface area contributed by atoms with Crippen LogP contribution in [0.15, 0.2) is 36.0 Å². The van der Waals surface area contributed by atoms with Gasteiger partial charge in [0.2, 0.25) is 5.95 Å². The summed E-state index contributed by atoms with van der Waals surface area (Å²) >= 11 is 1.42. The number of halogens is 1. The SMILES string of the molecule is O=C(C[N+]12CCC(CC1)[C@@H](OC(=O)C(O)(c1cccs1)C1CCCCC1)C2)Nc1ncccn1.[Br-]. The Hall–Kier alpha value is -1.88. The Balaban J connectivity index is 0.00000289. The normalized spacial score (nSPS) is 27.9. The lowest BCUT2D eigenvalue weighted by Crippen LogP contribution is -3.00. The second-order valence-electron chi connectivity index (χ2n) is 10.1. The first-order chi connectivity index (χ1) is 16.5. The van der Waals surface area contributed by atoms with Crippen LogP contribution in [-0.4, -0.2) is 63.7 Å². The second-order valence-corrected chi connectivity index (χ2v) is 11.1. The van der Waals surface area contributed by atoms with Crippen molar-refractivity contribution in [2.45, 2.75) is 56.7 Å². The number of fused-ring (bicyclic) bond motifs is 3. The lowest BCUT2D eigenvalue weighted by Gasteiger charge is -2.52. The van der Waals surface area contributed by atoms with Crippen molar-refractivity contribution in [3.63, 3.8) is 0 Å². The third kappa shape index (κ3) is 5.45. The molecule has 2 bridgehead atoms. The van der Waals surface area contributed by atoms with Crippen LogP contribution in [0.5, 0.6) is 0 Å². The third-order valence-corrected chi connectivity index (χ3v) is 8.99. The number of amides is 1. The van der Waals surface area contributed by atoms with Crippen LogP contribution in [0.2, 0.25) is 0 Å². The largest absolute Gasteiger partial charge is 1.00 e. The molecule has 190 valence electrons. The Kier molecular flexibility index (Phi) is 8.25. The molecule has 10 heteroatoms. The molecule has 0 radical (unpaired) electrons. The smallest absolute Gasteiger partial charge is 0.344 e. The molecule has 2 aromatic heterocycles. The van der Waals surface area contributed by atoms with Gasteiger partial charge >= 0.3 is 5.97 Å². The van der Waals surface area contributed by atoms with Crippen LogP contribution >= 0.6 is 11.3 Å². The number of carbonyl (C=O) groups is 2. The zero-order valence-corrected chi connectivity index (χ0v) is 22.2. The number of carbonyl (C=O) groups excluding carboxylic acids is 2. The van der Waals surface area contributed by atoms with Crippen LogP contribution in [0.4, 0.5) is 5.95 Å². The van der Waals surface area contributed by atoms with Gasteiger partial charge in [0.25, 0.3) is 5.91 Å². The maximum atomic E-state index is 13.6. The molecule has 4 fully saturated rings. The van der Waals surface area contributed by atoms with Gasteiger partial charge in [-0.15, -0.1) is 11.3 Å². The highest BCUT2D eigenvalue weighted by Crippen LogP contribution is 2.43. The average Bonchev–Trinajstić information content (AvgIpc) is 3.40. The number of aliphatic hydroxyl groups is 1. The zero-order chi connectivity index (χ0) is 23.6. The maximum Gasteiger partial charge on any atom is 0.344 e. The number of anilines is 1. The molecule has 1 aliphatic carbocycles. The van der Waals surface area contributed by atoms with E-state index < -0.39 is 11.6 Å². The van der Waals surface area contributed by atoms with E-state index in [1.54, 1.807) is 18.5 Å². The molecule has 35 heavy (non-hydrogen) atoms. The highest BCUT2D eigenvalue weighted by Gasteiger charge is 2.53. The molecule has 3 saturated heterocycles. The third-order valence-electron chi connectivity index (χ3n) is 8.00. The van der Waals surface area contributed by atoms with Crippen LogP contribution in [0.1, 0.15) is 49.8 Å². The van der Waals surface area contributed by atoms with Crippen molar-refractivity contribution in [2.24, 2.45) is 11.8 Å². The lowest BCUT2D eigenvalue weighted by atomic mass is 9.75. The fourth-order valence-electron chi connectivity index (χ4n) is 6.12. The van der Waals surface area contributed by atoms with Crippen molar-refractivity contribution in [1.29, 1.82) is 0 Å². The van der Waals surface area contributed by atoms with Crippen molar-refractivity contribution in [3.8, 4) is 0 Å². The molecule has 5 heterocycles. The van der Waals surface area contributed by atoms with Crippen molar-refractivity contribution in [2.75, 3.05) is 31.5 Å². The summed E-state index contributed by atoms with van der Waals surface area (Å²) in [6.07, 6.45) is 9.59. The number of thiophene rings is 1. The van der Waals surface area contributed by atoms with Crippen LogP contribution in [0.25, 0.3) is 0 Å². The fourth-order valence-corrected chi connectivity index (χ4v) is 7.01. The molecule has 2 aromatic rings. The molecule has 2 atom stereocenters. The van der Waals surface area contributed by atoms with E-state index in [2.05, 4.69) is 15.3 Å². The minimum atomic E-state index is -1.59. The summed E-state index contributed by atoms with van der Waals surface area (Å²) in [7, 11) is 0. The van der Waals surface area contributed by atoms with E-state index in [0.29, 0.717) is 28.4 Å². The Morgan fingerprint density at radius 2 is 1.83 bits per heavy atom. The molecular formula is C25H33BrN4O4S. The van der Waals surface area contributed by atoms with E-state index in [1.807, 2.05) is 17.5 Å². The van der Waals surface area contributed by atoms with Crippen LogP contribution in [0, 0.1) is 11.8 Å². The van der Waals surface area contributed by atoms with Crippen molar-refractivity contribution >= 4 is 29.2 Å². The molecular weight excluding hydrogens is 532 g/mol. The highest BCUT2D eigenvalue weighted by atomic mass is 79.9. The minimum absolute atomic E-state index is 0. The lowest BCUT2D eigenvalue weighted by molar-refractivity contribution is -0.939. The Morgan fingerprint density at radius 1 is 1.11 bits per heavy atom. The number of piperidine rings is 3. The molecule has 2 N–H and O–H groups in total. The topological polar surface area (TPSA) is 101 Å². The summed E-state index contributed by atoms with van der Waals surface area (Å²) in [5, 5.41) is 16.5. The van der Waals surface area contributed by atoms with Gasteiger partial charge in [0.15, 0.2) is 18.2 Å². The first-order valence-corrected chi connectivity index (χ1v) is 13.3. The molecule has 4 aliphatic rings. The van der Waals surface area contributed by atoms with Crippen molar-refractivity contribution in [1.82, 2.24) is 9.97 Å². The number of nitrogens with one attached hydrogen (secondary N) is 1. The predicted molar refractivity (Wildman–Crippen MR) is 128 cm³/mol. The quantitative estimate of drug-likeness (QED) is 0.365. The number of hydrogen-bond donors (Lipinski definition) is 2. The van der Waals surface area contributed by atoms with Gasteiger partial charge in [-0.1, -0.05) is 25.3 Å². The minimum Gasteiger partial charge on any atom is -1.00 e. The summed E-state index contributed by atoms with van der Waals surface area (Å²) in [6.45, 7) is 2.68. The van der Waals surface area contributed by atoms with Crippen molar-refractivity contribution in [3.05, 3.63) is 40.8 Å². The van der Waals surface area contributed by atoms with Gasteiger partial charge in [0.05, 0.1) is 13.1 Å². The highest BCUT2D eigenvalue weighted by molar-refractivity contribution is 7.10. The van der Waals surface area contributed by atoms with Gasteiger partial charge in [-0.25, -0.2) is 14.8 Å². The van der Waals surface area contributed by atoms with E-state index in [4.69, 9.17) is 4.74 Å². The molecule has 6 rings (SSSR count). The van der Waals surface area contributed by atoms with Gasteiger partial charge in [0.1, 0.15) is 6.54 Å². The van der Waals surface area contributed by atoms with E-state index in [9.17, 15) is 14.7 Å². The van der Waals surface area contributed by atoms with Crippen LogP contribution in [0.3, 0.4) is 0 Å². The molecule has 1 amide bonds. The number of esters is 1. The fraction of sp³-hybridized carbons (Fsp3) is 0.600. The summed E-state index contributed by atoms with van der Waals surface area (Å²) in [5.74, 6) is -0.180. The van der Waals surface area contributed by atoms with Crippen LogP contribution < -0.4 is 22.3 Å². The van der Waals surface area contributed by atoms with Gasteiger partial charge in [-0.3, -0.25) is 10.1 Å². The first-order valence-electron chi connectivity index (χ1n) is 12.4. The number of nitrogens with zero attached hydrogens (tertiary/aromatic N) is 3. The number of aromatic nitrogens is 2. The number of quaternary nitrogens is 1. The van der Waals surface area contributed by atoms with Gasteiger partial charge < -0.3 is 31.3 Å². The molecule has 1 saturated carbocycles. The predicted octanol–water partition coefficient (Wildman–Crippen LogP) is 0.101. The van der Waals surface area contributed by atoms with E-state index >= 15 is 0 Å². The van der Waals surface area contributed by atoms with Gasteiger partial charge in [-0.05, 0) is 30.4 Å². The Bertz CT molecular complexity index is 994. The van der Waals surface area contributed by atoms with E-state index in [1.165, 1.54) is 11.3 Å². The van der Waals surface area contributed by atoms with Crippen molar-refractivity contribution < 1.29 is 40.9 Å². The van der Waals surface area contributed by atoms with Gasteiger partial charge in [0, 0.05) is 41.9 Å². The first kappa shape index (κ1) is 26.2. The number of hydrogen-bond acceptors (Lipinski definition) is 7. The molecule has 0 aromatic carbocycles. The van der Waals surface area contributed by atoms with Crippen LogP contribution in [-0.2, 0) is 19.9 Å². The molecule has 0 spiro atoms. The Morgan fingerprint density at radius 3 is 2.49 bits per heavy atom. The van der Waals surface area contributed by atoms with E-state index in [0.717, 1.165) is 58.0 Å². The summed E-state index contributed by atoms with van der Waals surface area (Å²) in [6, 6.07) is 5.43. The van der Waals surface area contributed by atoms with Gasteiger partial charge in [-0.2, -0.15) is 0 Å². The number of rotatable bonds is 7. The second kappa shape index (κ2) is 11.0. The Labute approximate surface area is 220 Å². The monoisotopic (exact) mass is 564 g/mol.